The van der Waals surface area contributed by atoms with Gasteiger partial charge in [0.15, 0.2) is 17.3 Å². The third-order valence-corrected chi connectivity index (χ3v) is 9.06. The van der Waals surface area contributed by atoms with Crippen LogP contribution >= 0.6 is 0 Å². The average Bonchev–Trinajstić information content (AvgIpc) is 3.46. The molecule has 1 fully saturated rings. The smallest absolute Gasteiger partial charge is 0.185 e. The van der Waals surface area contributed by atoms with Gasteiger partial charge in [-0.05, 0) is 30.7 Å². The molecule has 42 heavy (non-hydrogen) atoms. The Hall–Kier alpha value is -4.97. The lowest BCUT2D eigenvalue weighted by Gasteiger charge is -2.37. The first kappa shape index (κ1) is 26.0. The normalized spacial score (nSPS) is 21.2. The summed E-state index contributed by atoms with van der Waals surface area (Å²) in [6.07, 6.45) is 3.91. The minimum absolute atomic E-state index is 0.168. The van der Waals surface area contributed by atoms with Crippen LogP contribution in [0.5, 0.6) is 11.5 Å². The van der Waals surface area contributed by atoms with Crippen molar-refractivity contribution in [3.8, 4) is 11.5 Å². The van der Waals surface area contributed by atoms with Crippen molar-refractivity contribution in [3.63, 3.8) is 0 Å². The van der Waals surface area contributed by atoms with E-state index in [4.69, 9.17) is 9.47 Å². The quantitative estimate of drug-likeness (QED) is 0.212. The number of hydrogen-bond acceptors (Lipinski definition) is 6. The maximum absolute atomic E-state index is 14.8. The summed E-state index contributed by atoms with van der Waals surface area (Å²) >= 11 is 0. The molecular weight excluding hydrogens is 526 g/mol. The van der Waals surface area contributed by atoms with Crippen molar-refractivity contribution in [1.82, 2.24) is 0 Å². The molecule has 2 heterocycles. The number of rotatable bonds is 5. The maximum atomic E-state index is 14.8. The SMILES string of the molecule is COc1ccc([C@@H]2[C@@H](C(=O)c3ccccc3)N3c4ccc(C)cc4C=C[C@@H]3C23C(=O)c2ccccc2C3=O)c(OC)c1. The first-order valence-corrected chi connectivity index (χ1v) is 14.0. The Balaban J connectivity index is 1.57. The summed E-state index contributed by atoms with van der Waals surface area (Å²) in [5, 5.41) is 0. The fourth-order valence-corrected chi connectivity index (χ4v) is 7.29. The van der Waals surface area contributed by atoms with Crippen LogP contribution in [0.1, 0.15) is 53.7 Å². The molecule has 6 nitrogen and oxygen atoms in total. The van der Waals surface area contributed by atoms with E-state index in [1.807, 2.05) is 60.4 Å². The standard InChI is InChI=1S/C36H29NO5/c1-21-13-17-28-23(19-21)14-18-30-36(34(39)25-11-7-8-12-26(25)35(36)40)31(27-16-15-24(41-2)20-29(27)42-3)32(37(28)30)33(38)22-9-5-4-6-10-22/h4-20,30-32H,1-3H3/t30-,31-,32+/m1/s1. The van der Waals surface area contributed by atoms with E-state index in [0.717, 1.165) is 16.8 Å². The van der Waals surface area contributed by atoms with Gasteiger partial charge in [0.1, 0.15) is 23.0 Å². The predicted octanol–water partition coefficient (Wildman–Crippen LogP) is 6.33. The largest absolute Gasteiger partial charge is 0.497 e. The van der Waals surface area contributed by atoms with Crippen LogP contribution in [0, 0.1) is 12.3 Å². The summed E-state index contributed by atoms with van der Waals surface area (Å²) in [5.74, 6) is -0.554. The third kappa shape index (κ3) is 3.41. The van der Waals surface area contributed by atoms with Crippen LogP contribution in [0.25, 0.3) is 6.08 Å². The van der Waals surface area contributed by atoms with Crippen molar-refractivity contribution < 1.29 is 23.9 Å². The molecule has 0 aromatic heterocycles. The molecule has 2 aliphatic heterocycles. The predicted molar refractivity (Wildman–Crippen MR) is 161 cm³/mol. The van der Waals surface area contributed by atoms with Crippen LogP contribution in [-0.4, -0.2) is 43.7 Å². The second-order valence-corrected chi connectivity index (χ2v) is 11.1. The second-order valence-electron chi connectivity index (χ2n) is 11.1. The van der Waals surface area contributed by atoms with Crippen molar-refractivity contribution in [2.24, 2.45) is 5.41 Å². The van der Waals surface area contributed by atoms with E-state index < -0.39 is 23.4 Å². The average molecular weight is 556 g/mol. The zero-order valence-electron chi connectivity index (χ0n) is 23.5. The Morgan fingerprint density at radius 3 is 2.17 bits per heavy atom. The van der Waals surface area contributed by atoms with E-state index >= 15 is 0 Å². The topological polar surface area (TPSA) is 72.9 Å². The molecule has 3 atom stereocenters. The number of hydrogen-bond donors (Lipinski definition) is 0. The van der Waals surface area contributed by atoms with E-state index in [2.05, 4.69) is 6.07 Å². The van der Waals surface area contributed by atoms with E-state index in [1.54, 1.807) is 62.8 Å². The van der Waals surface area contributed by atoms with Gasteiger partial charge in [-0.2, -0.15) is 0 Å². The molecule has 0 radical (unpaired) electrons. The molecule has 1 aliphatic carbocycles. The van der Waals surface area contributed by atoms with Gasteiger partial charge in [-0.25, -0.2) is 0 Å². The Bertz CT molecular complexity index is 1770. The minimum Gasteiger partial charge on any atom is -0.497 e. The van der Waals surface area contributed by atoms with E-state index in [-0.39, 0.29) is 17.3 Å². The lowest BCUT2D eigenvalue weighted by atomic mass is 9.64. The molecule has 3 aliphatic rings. The molecule has 1 saturated heterocycles. The van der Waals surface area contributed by atoms with Gasteiger partial charge >= 0.3 is 0 Å². The van der Waals surface area contributed by atoms with E-state index in [9.17, 15) is 14.4 Å². The Morgan fingerprint density at radius 1 is 0.810 bits per heavy atom. The van der Waals surface area contributed by atoms with Crippen molar-refractivity contribution in [3.05, 3.63) is 130 Å². The summed E-state index contributed by atoms with van der Waals surface area (Å²) in [7, 11) is 3.12. The number of ketones is 3. The van der Waals surface area contributed by atoms with Crippen molar-refractivity contribution in [1.29, 1.82) is 0 Å². The highest BCUT2D eigenvalue weighted by Crippen LogP contribution is 2.62. The van der Waals surface area contributed by atoms with Gasteiger partial charge in [-0.15, -0.1) is 0 Å². The van der Waals surface area contributed by atoms with Gasteiger partial charge in [0.25, 0.3) is 0 Å². The monoisotopic (exact) mass is 555 g/mol. The number of methoxy groups -OCH3 is 2. The molecule has 7 rings (SSSR count). The van der Waals surface area contributed by atoms with Crippen LogP contribution in [-0.2, 0) is 0 Å². The number of aryl methyl sites for hydroxylation is 1. The van der Waals surface area contributed by atoms with Crippen molar-refractivity contribution in [2.75, 3.05) is 19.1 Å². The number of anilines is 1. The second kappa shape index (κ2) is 9.55. The lowest BCUT2D eigenvalue weighted by Crippen LogP contribution is -2.48. The molecule has 208 valence electrons. The molecule has 4 aromatic rings. The van der Waals surface area contributed by atoms with Crippen LogP contribution in [0.15, 0.2) is 97.1 Å². The lowest BCUT2D eigenvalue weighted by molar-refractivity contribution is 0.0665. The fraction of sp³-hybridized carbons (Fsp3) is 0.194. The fourth-order valence-electron chi connectivity index (χ4n) is 7.29. The summed E-state index contributed by atoms with van der Waals surface area (Å²) in [6, 6.07) is 25.9. The van der Waals surface area contributed by atoms with Gasteiger partial charge in [-0.1, -0.05) is 84.4 Å². The highest BCUT2D eigenvalue weighted by molar-refractivity contribution is 6.32. The highest BCUT2D eigenvalue weighted by atomic mass is 16.5. The molecule has 0 N–H and O–H groups in total. The van der Waals surface area contributed by atoms with Gasteiger partial charge in [0.2, 0.25) is 0 Å². The Labute approximate surface area is 244 Å². The number of carbonyl (C=O) groups is 3. The summed E-state index contributed by atoms with van der Waals surface area (Å²) in [6.45, 7) is 2.02. The van der Waals surface area contributed by atoms with Crippen LogP contribution < -0.4 is 14.4 Å². The minimum atomic E-state index is -1.60. The number of fused-ring (bicyclic) bond motifs is 5. The zero-order valence-corrected chi connectivity index (χ0v) is 23.5. The first-order valence-electron chi connectivity index (χ1n) is 14.0. The van der Waals surface area contributed by atoms with Gasteiger partial charge in [-0.3, -0.25) is 14.4 Å². The molecule has 6 heteroatoms. The molecule has 4 aromatic carbocycles. The molecular formula is C36H29NO5. The van der Waals surface area contributed by atoms with Gasteiger partial charge in [0, 0.05) is 39.9 Å². The summed E-state index contributed by atoms with van der Waals surface area (Å²) in [5.41, 5.74) is 3.11. The van der Waals surface area contributed by atoms with Crippen molar-refractivity contribution in [2.45, 2.75) is 24.9 Å². The zero-order chi connectivity index (χ0) is 29.2. The summed E-state index contributed by atoms with van der Waals surface area (Å²) in [4.78, 5) is 46.4. The molecule has 1 spiro atoms. The number of carbonyl (C=O) groups excluding carboxylic acids is 3. The molecule has 0 saturated carbocycles. The third-order valence-electron chi connectivity index (χ3n) is 9.06. The van der Waals surface area contributed by atoms with E-state index in [1.165, 1.54) is 0 Å². The first-order chi connectivity index (χ1) is 20.4. The molecule has 0 amide bonds. The number of nitrogens with zero attached hydrogens (tertiary/aromatic N) is 1. The van der Waals surface area contributed by atoms with Crippen molar-refractivity contribution >= 4 is 29.1 Å². The van der Waals surface area contributed by atoms with Crippen LogP contribution in [0.4, 0.5) is 5.69 Å². The number of Topliss-reactive ketones (excluding diaryl/α,β-unsaturated/α-hetero) is 3. The van der Waals surface area contributed by atoms with Crippen LogP contribution in [0.2, 0.25) is 0 Å². The molecule has 0 unspecified atom stereocenters. The number of benzene rings is 4. The van der Waals surface area contributed by atoms with Crippen LogP contribution in [0.3, 0.4) is 0 Å². The Morgan fingerprint density at radius 2 is 1.50 bits per heavy atom. The van der Waals surface area contributed by atoms with Gasteiger partial charge in [0.05, 0.1) is 20.3 Å². The van der Waals surface area contributed by atoms with E-state index in [0.29, 0.717) is 33.8 Å². The van der Waals surface area contributed by atoms with Gasteiger partial charge < -0.3 is 14.4 Å². The molecule has 0 bridgehead atoms. The number of ether oxygens (including phenoxy) is 2. The summed E-state index contributed by atoms with van der Waals surface area (Å²) < 4.78 is 11.4. The Kier molecular flexibility index (Phi) is 5.91. The maximum Gasteiger partial charge on any atom is 0.185 e. The highest BCUT2D eigenvalue weighted by Gasteiger charge is 2.72.